The van der Waals surface area contributed by atoms with Gasteiger partial charge in [-0.15, -0.1) is 0 Å². The summed E-state index contributed by atoms with van der Waals surface area (Å²) in [6, 6.07) is 18.8. The van der Waals surface area contributed by atoms with Crippen LogP contribution in [0.15, 0.2) is 74.9 Å². The lowest BCUT2D eigenvalue weighted by Crippen LogP contribution is -2.08. The maximum absolute atomic E-state index is 13.2. The van der Waals surface area contributed by atoms with E-state index in [2.05, 4.69) is 15.9 Å². The van der Waals surface area contributed by atoms with Crippen molar-refractivity contribution < 1.29 is 8.42 Å². The molecular weight excluding hydrogens is 395 g/mol. The first-order valence-electron chi connectivity index (χ1n) is 7.78. The lowest BCUT2D eigenvalue weighted by molar-refractivity contribution is 0.599. The van der Waals surface area contributed by atoms with E-state index in [0.29, 0.717) is 15.3 Å². The summed E-state index contributed by atoms with van der Waals surface area (Å²) in [5.74, 6) is 0. The Morgan fingerprint density at radius 2 is 1.20 bits per heavy atom. The number of sulfone groups is 1. The van der Waals surface area contributed by atoms with E-state index in [4.69, 9.17) is 7.85 Å². The predicted molar refractivity (Wildman–Crippen MR) is 105 cm³/mol. The zero-order valence-electron chi connectivity index (χ0n) is 13.0. The molecule has 0 saturated carbocycles. The van der Waals surface area contributed by atoms with Gasteiger partial charge in [0.1, 0.15) is 7.85 Å². The average Bonchev–Trinajstić information content (AvgIpc) is 2.84. The Kier molecular flexibility index (Phi) is 3.01. The van der Waals surface area contributed by atoms with Crippen molar-refractivity contribution >= 4 is 60.6 Å². The highest BCUT2D eigenvalue weighted by Gasteiger charge is 2.36. The molecule has 5 rings (SSSR count). The molecule has 4 aromatic carbocycles. The van der Waals surface area contributed by atoms with Gasteiger partial charge in [0.2, 0.25) is 9.84 Å². The molecule has 1 aliphatic heterocycles. The summed E-state index contributed by atoms with van der Waals surface area (Å²) in [5, 5.41) is 3.65. The molecule has 25 heavy (non-hydrogen) atoms. The van der Waals surface area contributed by atoms with Gasteiger partial charge in [-0.2, -0.15) is 0 Å². The van der Waals surface area contributed by atoms with E-state index in [9.17, 15) is 8.42 Å². The molecule has 4 aromatic rings. The van der Waals surface area contributed by atoms with Gasteiger partial charge in [0.25, 0.3) is 0 Å². The van der Waals surface area contributed by atoms with E-state index >= 15 is 0 Å². The summed E-state index contributed by atoms with van der Waals surface area (Å²) >= 11 is 3.52. The van der Waals surface area contributed by atoms with Gasteiger partial charge in [-0.3, -0.25) is 0 Å². The van der Waals surface area contributed by atoms with Crippen molar-refractivity contribution in [3.8, 4) is 11.1 Å². The first-order chi connectivity index (χ1) is 12.0. The maximum Gasteiger partial charge on any atom is 0.207 e. The lowest BCUT2D eigenvalue weighted by atomic mass is 9.85. The normalized spacial score (nSPS) is 14.6. The van der Waals surface area contributed by atoms with Crippen molar-refractivity contribution in [2.75, 3.05) is 0 Å². The molecule has 0 N–H and O–H groups in total. The fourth-order valence-corrected chi connectivity index (χ4v) is 6.22. The summed E-state index contributed by atoms with van der Waals surface area (Å²) < 4.78 is 27.2. The Morgan fingerprint density at radius 1 is 0.720 bits per heavy atom. The molecule has 0 aliphatic carbocycles. The van der Waals surface area contributed by atoms with Crippen molar-refractivity contribution in [2.24, 2.45) is 0 Å². The number of fused-ring (bicyclic) bond motifs is 7. The topological polar surface area (TPSA) is 34.1 Å². The molecule has 0 spiro atoms. The minimum absolute atomic E-state index is 0.293. The monoisotopic (exact) mass is 404 g/mol. The standard InChI is InChI=1S/C20H10BBrO2S/c21-15-9-17-19(13-7-3-1-5-11(13)15)20-14-8-4-2-6-12(14)16(22)10-18(20)25(17,23)24/h1-10H. The van der Waals surface area contributed by atoms with Gasteiger partial charge in [-0.1, -0.05) is 69.9 Å². The zero-order chi connectivity index (χ0) is 17.3. The molecule has 5 heteroatoms. The van der Waals surface area contributed by atoms with Crippen LogP contribution in [-0.2, 0) is 9.84 Å². The van der Waals surface area contributed by atoms with Crippen LogP contribution in [0.5, 0.6) is 0 Å². The Labute approximate surface area is 154 Å². The smallest absolute Gasteiger partial charge is 0.207 e. The quantitative estimate of drug-likeness (QED) is 0.359. The van der Waals surface area contributed by atoms with Crippen LogP contribution in [0.3, 0.4) is 0 Å². The third-order valence-corrected chi connectivity index (χ3v) is 7.29. The molecule has 0 saturated heterocycles. The minimum Gasteiger partial charge on any atom is -0.218 e. The molecule has 0 aromatic heterocycles. The molecule has 0 bridgehead atoms. The van der Waals surface area contributed by atoms with E-state index in [-0.39, 0.29) is 0 Å². The van der Waals surface area contributed by atoms with Gasteiger partial charge >= 0.3 is 0 Å². The molecule has 1 heterocycles. The van der Waals surface area contributed by atoms with Crippen LogP contribution in [0.1, 0.15) is 0 Å². The second kappa shape index (κ2) is 4.96. The molecular formula is C20H10BBrO2S. The molecule has 1 aliphatic rings. The molecule has 0 atom stereocenters. The summed E-state index contributed by atoms with van der Waals surface area (Å²) in [4.78, 5) is 0.630. The van der Waals surface area contributed by atoms with Crippen LogP contribution in [-0.4, -0.2) is 16.3 Å². The third-order valence-electron chi connectivity index (χ3n) is 4.83. The Balaban J connectivity index is 2.12. The van der Waals surface area contributed by atoms with Crippen LogP contribution in [0.4, 0.5) is 0 Å². The Hall–Kier alpha value is -2.11. The highest BCUT2D eigenvalue weighted by molar-refractivity contribution is 9.10. The van der Waals surface area contributed by atoms with Gasteiger partial charge in [0.15, 0.2) is 0 Å². The van der Waals surface area contributed by atoms with Gasteiger partial charge in [-0.05, 0) is 33.7 Å². The molecule has 118 valence electrons. The predicted octanol–water partition coefficient (Wildman–Crippen LogP) is 4.36. The van der Waals surface area contributed by atoms with Crippen molar-refractivity contribution in [3.05, 3.63) is 65.1 Å². The van der Waals surface area contributed by atoms with E-state index in [1.807, 2.05) is 48.5 Å². The first kappa shape index (κ1) is 15.2. The fraction of sp³-hybridized carbons (Fsp3) is 0. The highest BCUT2D eigenvalue weighted by atomic mass is 79.9. The van der Waals surface area contributed by atoms with Gasteiger partial charge in [-0.25, -0.2) is 8.42 Å². The van der Waals surface area contributed by atoms with Crippen molar-refractivity contribution in [1.82, 2.24) is 0 Å². The highest BCUT2D eigenvalue weighted by Crippen LogP contribution is 2.50. The molecule has 2 radical (unpaired) electrons. The number of halogens is 1. The van der Waals surface area contributed by atoms with Crippen LogP contribution < -0.4 is 5.46 Å². The number of rotatable bonds is 0. The van der Waals surface area contributed by atoms with Gasteiger partial charge in [0, 0.05) is 15.6 Å². The van der Waals surface area contributed by atoms with Gasteiger partial charge in [0.05, 0.1) is 9.79 Å². The molecule has 0 fully saturated rings. The van der Waals surface area contributed by atoms with E-state index in [1.165, 1.54) is 0 Å². The zero-order valence-corrected chi connectivity index (χ0v) is 15.4. The first-order valence-corrected chi connectivity index (χ1v) is 10.1. The summed E-state index contributed by atoms with van der Waals surface area (Å²) in [7, 11) is 2.55. The molecule has 2 nitrogen and oxygen atoms in total. The lowest BCUT2D eigenvalue weighted by Gasteiger charge is -2.11. The second-order valence-electron chi connectivity index (χ2n) is 6.17. The van der Waals surface area contributed by atoms with E-state index in [1.54, 1.807) is 12.1 Å². The Bertz CT molecular complexity index is 1230. The van der Waals surface area contributed by atoms with Crippen molar-refractivity contribution in [3.63, 3.8) is 0 Å². The van der Waals surface area contributed by atoms with E-state index < -0.39 is 9.84 Å². The van der Waals surface area contributed by atoms with Crippen LogP contribution >= 0.6 is 15.9 Å². The van der Waals surface area contributed by atoms with E-state index in [0.717, 1.165) is 37.1 Å². The average molecular weight is 405 g/mol. The minimum atomic E-state index is -3.60. The third kappa shape index (κ3) is 1.88. The van der Waals surface area contributed by atoms with Crippen molar-refractivity contribution in [2.45, 2.75) is 9.79 Å². The molecule has 0 unspecified atom stereocenters. The van der Waals surface area contributed by atoms with Crippen molar-refractivity contribution in [1.29, 1.82) is 0 Å². The summed E-state index contributed by atoms with van der Waals surface area (Å²) in [6.45, 7) is 0. The van der Waals surface area contributed by atoms with Crippen LogP contribution in [0, 0.1) is 0 Å². The number of hydrogen-bond acceptors (Lipinski definition) is 2. The number of hydrogen-bond donors (Lipinski definition) is 0. The second-order valence-corrected chi connectivity index (χ2v) is 8.91. The van der Waals surface area contributed by atoms with Crippen LogP contribution in [0.25, 0.3) is 32.7 Å². The van der Waals surface area contributed by atoms with Crippen LogP contribution in [0.2, 0.25) is 0 Å². The van der Waals surface area contributed by atoms with Gasteiger partial charge < -0.3 is 0 Å². The summed E-state index contributed by atoms with van der Waals surface area (Å²) in [6.07, 6.45) is 0. The maximum atomic E-state index is 13.2. The number of benzene rings is 4. The SMILES string of the molecule is [B]c1cc2c(c3ccccc13)-c1c(cc(Br)c3ccccc13)S2(=O)=O. The molecule has 0 amide bonds. The summed E-state index contributed by atoms with van der Waals surface area (Å²) in [5.41, 5.74) is 2.00. The fourth-order valence-electron chi connectivity index (χ4n) is 3.74. The largest absolute Gasteiger partial charge is 0.218 e. The Morgan fingerprint density at radius 3 is 1.84 bits per heavy atom.